The molecule has 2 amide bonds. The van der Waals surface area contributed by atoms with Crippen molar-refractivity contribution < 1.29 is 9.59 Å². The molecule has 0 heterocycles. The van der Waals surface area contributed by atoms with E-state index >= 15 is 0 Å². The Morgan fingerprint density at radius 3 is 2.56 bits per heavy atom. The third-order valence-electron chi connectivity index (χ3n) is 2.32. The van der Waals surface area contributed by atoms with Crippen LogP contribution in [0.5, 0.6) is 0 Å². The highest BCUT2D eigenvalue weighted by Crippen LogP contribution is 2.08. The number of nitriles is 1. The highest BCUT2D eigenvalue weighted by atomic mass is 16.2. The molecule has 1 aromatic rings. The molecule has 18 heavy (non-hydrogen) atoms. The number of nitrogens with one attached hydrogen (secondary N) is 2. The Hall–Kier alpha value is -2.35. The zero-order valence-electron chi connectivity index (χ0n) is 10.2. The molecule has 0 spiro atoms. The SMILES string of the molecule is CC(=O)NCCNC(=O)c1ccccc1CC#N. The average Bonchev–Trinajstić information content (AvgIpc) is 2.35. The minimum Gasteiger partial charge on any atom is -0.355 e. The molecule has 0 aliphatic carbocycles. The minimum absolute atomic E-state index is 0.130. The van der Waals surface area contributed by atoms with Crippen LogP contribution in [0.1, 0.15) is 22.8 Å². The number of carbonyl (C=O) groups excluding carboxylic acids is 2. The van der Waals surface area contributed by atoms with Gasteiger partial charge in [-0.15, -0.1) is 0 Å². The maximum absolute atomic E-state index is 11.9. The summed E-state index contributed by atoms with van der Waals surface area (Å²) in [6.45, 7) is 2.17. The largest absolute Gasteiger partial charge is 0.355 e. The summed E-state index contributed by atoms with van der Waals surface area (Å²) in [6, 6.07) is 9.01. The smallest absolute Gasteiger partial charge is 0.251 e. The van der Waals surface area contributed by atoms with Crippen LogP contribution in [-0.4, -0.2) is 24.9 Å². The number of hydrogen-bond acceptors (Lipinski definition) is 3. The van der Waals surface area contributed by atoms with Gasteiger partial charge in [-0.1, -0.05) is 18.2 Å². The molecule has 0 saturated carbocycles. The molecule has 2 N–H and O–H groups in total. The van der Waals surface area contributed by atoms with Gasteiger partial charge in [-0.3, -0.25) is 9.59 Å². The summed E-state index contributed by atoms with van der Waals surface area (Å²) in [7, 11) is 0. The van der Waals surface area contributed by atoms with Crippen LogP contribution < -0.4 is 10.6 Å². The first-order valence-electron chi connectivity index (χ1n) is 5.62. The quantitative estimate of drug-likeness (QED) is 0.746. The molecule has 0 unspecified atom stereocenters. The van der Waals surface area contributed by atoms with Crippen LogP contribution in [0.4, 0.5) is 0 Å². The molecular weight excluding hydrogens is 230 g/mol. The summed E-state index contributed by atoms with van der Waals surface area (Å²) >= 11 is 0. The lowest BCUT2D eigenvalue weighted by atomic mass is 10.0. The van der Waals surface area contributed by atoms with Gasteiger partial charge in [0, 0.05) is 25.6 Å². The lowest BCUT2D eigenvalue weighted by molar-refractivity contribution is -0.118. The van der Waals surface area contributed by atoms with E-state index in [-0.39, 0.29) is 18.2 Å². The lowest BCUT2D eigenvalue weighted by Crippen LogP contribution is -2.34. The van der Waals surface area contributed by atoms with Crippen LogP contribution >= 0.6 is 0 Å². The molecule has 1 aromatic carbocycles. The van der Waals surface area contributed by atoms with Crippen molar-refractivity contribution in [1.29, 1.82) is 5.26 Å². The summed E-state index contributed by atoms with van der Waals surface area (Å²) in [4.78, 5) is 22.5. The fraction of sp³-hybridized carbons (Fsp3) is 0.308. The lowest BCUT2D eigenvalue weighted by Gasteiger charge is -2.08. The summed E-state index contributed by atoms with van der Waals surface area (Å²) in [6.07, 6.45) is 0.204. The van der Waals surface area contributed by atoms with E-state index in [4.69, 9.17) is 5.26 Å². The van der Waals surface area contributed by atoms with Crippen LogP contribution in [0.3, 0.4) is 0 Å². The van der Waals surface area contributed by atoms with E-state index in [1.165, 1.54) is 6.92 Å². The van der Waals surface area contributed by atoms with Crippen molar-refractivity contribution in [1.82, 2.24) is 10.6 Å². The van der Waals surface area contributed by atoms with Crippen LogP contribution in [0.25, 0.3) is 0 Å². The predicted octanol–water partition coefficient (Wildman–Crippen LogP) is 0.619. The molecule has 1 rings (SSSR count). The Labute approximate surface area is 106 Å². The molecule has 0 aliphatic heterocycles. The minimum atomic E-state index is -0.230. The fourth-order valence-electron chi connectivity index (χ4n) is 1.49. The second-order valence-corrected chi connectivity index (χ2v) is 3.73. The molecule has 94 valence electrons. The standard InChI is InChI=1S/C13H15N3O2/c1-10(17)15-8-9-16-13(18)12-5-3-2-4-11(12)6-7-14/h2-5H,6,8-9H2,1H3,(H,15,17)(H,16,18). The van der Waals surface area contributed by atoms with E-state index in [0.717, 1.165) is 0 Å². The molecular formula is C13H15N3O2. The Morgan fingerprint density at radius 1 is 1.22 bits per heavy atom. The molecule has 0 aromatic heterocycles. The van der Waals surface area contributed by atoms with Gasteiger partial charge < -0.3 is 10.6 Å². The molecule has 0 saturated heterocycles. The van der Waals surface area contributed by atoms with Gasteiger partial charge in [0.15, 0.2) is 0 Å². The topological polar surface area (TPSA) is 82.0 Å². The van der Waals surface area contributed by atoms with Gasteiger partial charge in [0.1, 0.15) is 0 Å². The zero-order chi connectivity index (χ0) is 13.4. The van der Waals surface area contributed by atoms with Crippen molar-refractivity contribution in [2.75, 3.05) is 13.1 Å². The highest BCUT2D eigenvalue weighted by molar-refractivity contribution is 5.95. The van der Waals surface area contributed by atoms with Crippen molar-refractivity contribution in [3.05, 3.63) is 35.4 Å². The maximum Gasteiger partial charge on any atom is 0.251 e. The van der Waals surface area contributed by atoms with E-state index in [0.29, 0.717) is 24.2 Å². The average molecular weight is 245 g/mol. The summed E-state index contributed by atoms with van der Waals surface area (Å²) in [5, 5.41) is 13.9. The maximum atomic E-state index is 11.9. The summed E-state index contributed by atoms with van der Waals surface area (Å²) in [5.74, 6) is -0.361. The second kappa shape index (κ2) is 7.07. The normalized spacial score (nSPS) is 9.33. The Balaban J connectivity index is 2.56. The first-order valence-corrected chi connectivity index (χ1v) is 5.62. The van der Waals surface area contributed by atoms with Gasteiger partial charge in [-0.2, -0.15) is 5.26 Å². The number of amides is 2. The Bertz CT molecular complexity index is 477. The predicted molar refractivity (Wildman–Crippen MR) is 66.8 cm³/mol. The third-order valence-corrected chi connectivity index (χ3v) is 2.32. The molecule has 5 heteroatoms. The Morgan fingerprint density at radius 2 is 1.89 bits per heavy atom. The van der Waals surface area contributed by atoms with Crippen molar-refractivity contribution in [2.45, 2.75) is 13.3 Å². The van der Waals surface area contributed by atoms with E-state index < -0.39 is 0 Å². The van der Waals surface area contributed by atoms with Crippen molar-refractivity contribution in [3.8, 4) is 6.07 Å². The molecule has 0 atom stereocenters. The number of benzene rings is 1. The molecule has 0 aliphatic rings. The number of rotatable bonds is 5. The van der Waals surface area contributed by atoms with Crippen molar-refractivity contribution in [2.24, 2.45) is 0 Å². The first kappa shape index (κ1) is 13.7. The van der Waals surface area contributed by atoms with Crippen molar-refractivity contribution in [3.63, 3.8) is 0 Å². The van der Waals surface area contributed by atoms with Crippen LogP contribution in [-0.2, 0) is 11.2 Å². The van der Waals surface area contributed by atoms with E-state index in [9.17, 15) is 9.59 Å². The third kappa shape index (κ3) is 4.26. The summed E-state index contributed by atoms with van der Waals surface area (Å²) < 4.78 is 0. The van der Waals surface area contributed by atoms with Crippen LogP contribution in [0.2, 0.25) is 0 Å². The van der Waals surface area contributed by atoms with E-state index in [2.05, 4.69) is 10.6 Å². The van der Waals surface area contributed by atoms with Crippen molar-refractivity contribution >= 4 is 11.8 Å². The highest BCUT2D eigenvalue weighted by Gasteiger charge is 2.09. The summed E-state index contributed by atoms with van der Waals surface area (Å²) in [5.41, 5.74) is 1.21. The molecule has 0 bridgehead atoms. The Kier molecular flexibility index (Phi) is 5.39. The number of nitrogens with zero attached hydrogens (tertiary/aromatic N) is 1. The van der Waals surface area contributed by atoms with Crippen LogP contribution in [0, 0.1) is 11.3 Å². The van der Waals surface area contributed by atoms with Gasteiger partial charge in [0.2, 0.25) is 5.91 Å². The second-order valence-electron chi connectivity index (χ2n) is 3.73. The molecule has 0 fully saturated rings. The first-order chi connectivity index (χ1) is 8.65. The van der Waals surface area contributed by atoms with Crippen LogP contribution in [0.15, 0.2) is 24.3 Å². The van der Waals surface area contributed by atoms with E-state index in [1.807, 2.05) is 6.07 Å². The molecule has 5 nitrogen and oxygen atoms in total. The monoisotopic (exact) mass is 245 g/mol. The van der Waals surface area contributed by atoms with Gasteiger partial charge in [-0.05, 0) is 11.6 Å². The fourth-order valence-corrected chi connectivity index (χ4v) is 1.49. The van der Waals surface area contributed by atoms with Gasteiger partial charge in [0.25, 0.3) is 5.91 Å². The van der Waals surface area contributed by atoms with Gasteiger partial charge in [0.05, 0.1) is 12.5 Å². The van der Waals surface area contributed by atoms with Gasteiger partial charge >= 0.3 is 0 Å². The number of carbonyl (C=O) groups is 2. The van der Waals surface area contributed by atoms with Gasteiger partial charge in [-0.25, -0.2) is 0 Å². The molecule has 0 radical (unpaired) electrons. The van der Waals surface area contributed by atoms with E-state index in [1.54, 1.807) is 24.3 Å². The zero-order valence-corrected chi connectivity index (χ0v) is 10.2. The number of hydrogen-bond donors (Lipinski definition) is 2.